The number of hydrogen-bond acceptors (Lipinski definition) is 5. The molecule has 0 bridgehead atoms. The highest BCUT2D eigenvalue weighted by atomic mass is 16.5. The van der Waals surface area contributed by atoms with Crippen molar-refractivity contribution in [3.8, 4) is 11.5 Å². The summed E-state index contributed by atoms with van der Waals surface area (Å²) in [6.45, 7) is 7.63. The van der Waals surface area contributed by atoms with Crippen molar-refractivity contribution in [2.45, 2.75) is 58.6 Å². The molecule has 160 valence electrons. The van der Waals surface area contributed by atoms with E-state index in [-0.39, 0.29) is 23.7 Å². The predicted molar refractivity (Wildman–Crippen MR) is 112 cm³/mol. The molecule has 0 N–H and O–H groups in total. The monoisotopic (exact) mass is 402 g/mol. The maximum absolute atomic E-state index is 12.8. The fraction of sp³-hybridized carbons (Fsp3) is 0.652. The number of benzene rings is 1. The average Bonchev–Trinajstić information content (AvgIpc) is 2.94. The maximum Gasteiger partial charge on any atom is 0.223 e. The van der Waals surface area contributed by atoms with E-state index in [0.29, 0.717) is 25.9 Å². The van der Waals surface area contributed by atoms with Crippen LogP contribution in [0.25, 0.3) is 0 Å². The van der Waals surface area contributed by atoms with E-state index < -0.39 is 0 Å². The van der Waals surface area contributed by atoms with Crippen molar-refractivity contribution >= 4 is 11.7 Å². The molecule has 6 nitrogen and oxygen atoms in total. The molecule has 1 amide bonds. The lowest BCUT2D eigenvalue weighted by atomic mass is 9.92. The van der Waals surface area contributed by atoms with Crippen molar-refractivity contribution in [2.24, 2.45) is 5.92 Å². The van der Waals surface area contributed by atoms with Crippen LogP contribution in [0.1, 0.15) is 51.5 Å². The van der Waals surface area contributed by atoms with E-state index in [2.05, 4.69) is 11.8 Å². The van der Waals surface area contributed by atoms with Gasteiger partial charge in [-0.3, -0.25) is 14.5 Å². The van der Waals surface area contributed by atoms with E-state index in [0.717, 1.165) is 56.0 Å². The van der Waals surface area contributed by atoms with Crippen LogP contribution in [0.15, 0.2) is 18.2 Å². The maximum atomic E-state index is 12.8. The van der Waals surface area contributed by atoms with Gasteiger partial charge >= 0.3 is 0 Å². The summed E-state index contributed by atoms with van der Waals surface area (Å²) in [4.78, 5) is 29.1. The second kappa shape index (κ2) is 10.1. The fourth-order valence-corrected chi connectivity index (χ4v) is 4.28. The van der Waals surface area contributed by atoms with Gasteiger partial charge in [-0.25, -0.2) is 0 Å². The zero-order valence-corrected chi connectivity index (χ0v) is 18.0. The number of methoxy groups -OCH3 is 1. The second-order valence-electron chi connectivity index (χ2n) is 8.11. The van der Waals surface area contributed by atoms with Crippen molar-refractivity contribution in [3.05, 3.63) is 23.8 Å². The molecule has 3 rings (SSSR count). The lowest BCUT2D eigenvalue weighted by Gasteiger charge is -2.32. The SMILES string of the molecule is CCC(=O)[C@H]1CCCN(C(=O)CCN2Cc3cc(OC)ccc3O[C@H](CC)C2)C1. The summed E-state index contributed by atoms with van der Waals surface area (Å²) in [7, 11) is 1.67. The summed E-state index contributed by atoms with van der Waals surface area (Å²) in [6, 6.07) is 5.92. The Hall–Kier alpha value is -2.08. The number of Topliss-reactive ketones (excluding diaryl/α,β-unsaturated/α-hetero) is 1. The minimum atomic E-state index is 0.0214. The number of ether oxygens (including phenoxy) is 2. The molecular weight excluding hydrogens is 368 g/mol. The van der Waals surface area contributed by atoms with Gasteiger partial charge in [0.1, 0.15) is 23.4 Å². The van der Waals surface area contributed by atoms with E-state index >= 15 is 0 Å². The summed E-state index contributed by atoms with van der Waals surface area (Å²) >= 11 is 0. The molecule has 0 aromatic heterocycles. The van der Waals surface area contributed by atoms with Crippen LogP contribution in [-0.2, 0) is 16.1 Å². The second-order valence-corrected chi connectivity index (χ2v) is 8.11. The van der Waals surface area contributed by atoms with E-state index in [9.17, 15) is 9.59 Å². The van der Waals surface area contributed by atoms with Gasteiger partial charge in [0, 0.05) is 57.0 Å². The Morgan fingerprint density at radius 2 is 2.07 bits per heavy atom. The lowest BCUT2D eigenvalue weighted by molar-refractivity contribution is -0.135. The van der Waals surface area contributed by atoms with Crippen molar-refractivity contribution in [3.63, 3.8) is 0 Å². The molecule has 2 aliphatic heterocycles. The van der Waals surface area contributed by atoms with Crippen molar-refractivity contribution < 1.29 is 19.1 Å². The number of ketones is 1. The highest BCUT2D eigenvalue weighted by Crippen LogP contribution is 2.30. The number of fused-ring (bicyclic) bond motifs is 1. The number of carbonyl (C=O) groups excluding carboxylic acids is 2. The van der Waals surface area contributed by atoms with Gasteiger partial charge in [-0.1, -0.05) is 13.8 Å². The molecular formula is C23H34N2O4. The molecule has 0 aliphatic carbocycles. The average molecular weight is 403 g/mol. The molecule has 6 heteroatoms. The van der Waals surface area contributed by atoms with Crippen LogP contribution in [-0.4, -0.2) is 60.9 Å². The number of rotatable bonds is 7. The standard InChI is InChI=1S/C23H34N2O4/c1-4-19-16-24(14-18-13-20(28-3)8-9-22(18)29-19)12-10-23(27)25-11-6-7-17(15-25)21(26)5-2/h8-9,13,17,19H,4-7,10-12,14-16H2,1-3H3/t17-,19+/m0/s1. The smallest absolute Gasteiger partial charge is 0.223 e. The molecule has 0 unspecified atom stereocenters. The van der Waals surface area contributed by atoms with Gasteiger partial charge in [0.25, 0.3) is 0 Å². The number of amides is 1. The molecule has 1 saturated heterocycles. The molecule has 2 heterocycles. The normalized spacial score (nSPS) is 22.4. The van der Waals surface area contributed by atoms with E-state index in [1.807, 2.05) is 30.0 Å². The first-order valence-corrected chi connectivity index (χ1v) is 10.9. The molecule has 2 aliphatic rings. The number of carbonyl (C=O) groups is 2. The molecule has 2 atom stereocenters. The van der Waals surface area contributed by atoms with Crippen LogP contribution in [0.4, 0.5) is 0 Å². The molecule has 29 heavy (non-hydrogen) atoms. The zero-order valence-electron chi connectivity index (χ0n) is 18.0. The number of nitrogens with zero attached hydrogens (tertiary/aromatic N) is 2. The van der Waals surface area contributed by atoms with Gasteiger partial charge in [0.05, 0.1) is 7.11 Å². The molecule has 0 radical (unpaired) electrons. The number of likely N-dealkylation sites (tertiary alicyclic amines) is 1. The third-order valence-electron chi connectivity index (χ3n) is 6.09. The Bertz CT molecular complexity index is 721. The lowest BCUT2D eigenvalue weighted by Crippen LogP contribution is -2.43. The third kappa shape index (κ3) is 5.50. The molecule has 1 aromatic carbocycles. The van der Waals surface area contributed by atoms with Crippen molar-refractivity contribution in [2.75, 3.05) is 33.3 Å². The highest BCUT2D eigenvalue weighted by molar-refractivity contribution is 5.82. The van der Waals surface area contributed by atoms with Crippen molar-refractivity contribution in [1.82, 2.24) is 9.80 Å². The Kier molecular flexibility index (Phi) is 7.53. The minimum Gasteiger partial charge on any atom is -0.497 e. The van der Waals surface area contributed by atoms with E-state index in [1.165, 1.54) is 0 Å². The summed E-state index contributed by atoms with van der Waals surface area (Å²) in [5.41, 5.74) is 1.10. The largest absolute Gasteiger partial charge is 0.497 e. The van der Waals surface area contributed by atoms with Crippen LogP contribution >= 0.6 is 0 Å². The van der Waals surface area contributed by atoms with Crippen molar-refractivity contribution in [1.29, 1.82) is 0 Å². The van der Waals surface area contributed by atoms with Crippen LogP contribution in [0.5, 0.6) is 11.5 Å². The Labute approximate surface area is 174 Å². The Balaban J connectivity index is 1.61. The molecule has 0 spiro atoms. The summed E-state index contributed by atoms with van der Waals surface area (Å²) in [6.07, 6.45) is 3.90. The van der Waals surface area contributed by atoms with Gasteiger partial charge in [-0.05, 0) is 37.5 Å². The highest BCUT2D eigenvalue weighted by Gasteiger charge is 2.28. The van der Waals surface area contributed by atoms with Crippen LogP contribution in [0.3, 0.4) is 0 Å². The third-order valence-corrected chi connectivity index (χ3v) is 6.09. The fourth-order valence-electron chi connectivity index (χ4n) is 4.28. The predicted octanol–water partition coefficient (Wildman–Crippen LogP) is 3.28. The van der Waals surface area contributed by atoms with E-state index in [4.69, 9.17) is 9.47 Å². The zero-order chi connectivity index (χ0) is 20.8. The van der Waals surface area contributed by atoms with Gasteiger partial charge in [0.2, 0.25) is 5.91 Å². The van der Waals surface area contributed by atoms with Gasteiger partial charge in [-0.2, -0.15) is 0 Å². The Morgan fingerprint density at radius 1 is 1.24 bits per heavy atom. The Morgan fingerprint density at radius 3 is 2.79 bits per heavy atom. The first kappa shape index (κ1) is 21.6. The summed E-state index contributed by atoms with van der Waals surface area (Å²) < 4.78 is 11.5. The first-order chi connectivity index (χ1) is 14.0. The minimum absolute atomic E-state index is 0.0214. The molecule has 1 fully saturated rings. The van der Waals surface area contributed by atoms with Crippen LogP contribution in [0, 0.1) is 5.92 Å². The van der Waals surface area contributed by atoms with E-state index in [1.54, 1.807) is 7.11 Å². The number of piperidine rings is 1. The summed E-state index contributed by atoms with van der Waals surface area (Å²) in [5.74, 6) is 2.18. The number of hydrogen-bond donors (Lipinski definition) is 0. The van der Waals surface area contributed by atoms with Crippen LogP contribution < -0.4 is 9.47 Å². The summed E-state index contributed by atoms with van der Waals surface area (Å²) in [5, 5.41) is 0. The van der Waals surface area contributed by atoms with Gasteiger partial charge in [0.15, 0.2) is 0 Å². The van der Waals surface area contributed by atoms with Gasteiger partial charge < -0.3 is 14.4 Å². The van der Waals surface area contributed by atoms with Gasteiger partial charge in [-0.15, -0.1) is 0 Å². The molecule has 1 aromatic rings. The molecule has 0 saturated carbocycles. The van der Waals surface area contributed by atoms with Crippen LogP contribution in [0.2, 0.25) is 0 Å². The first-order valence-electron chi connectivity index (χ1n) is 10.9. The topological polar surface area (TPSA) is 59.1 Å². The quantitative estimate of drug-likeness (QED) is 0.701.